The molecule has 18 heavy (non-hydrogen) atoms. The van der Waals surface area contributed by atoms with Crippen LogP contribution in [0, 0.1) is 11.3 Å². The Morgan fingerprint density at radius 1 is 1.33 bits per heavy atom. The van der Waals surface area contributed by atoms with Gasteiger partial charge in [0.15, 0.2) is 11.5 Å². The Morgan fingerprint density at radius 2 is 2.00 bits per heavy atom. The van der Waals surface area contributed by atoms with Gasteiger partial charge in [-0.1, -0.05) is 6.07 Å². The number of halogens is 3. The van der Waals surface area contributed by atoms with Crippen molar-refractivity contribution >= 4 is 5.78 Å². The Bertz CT molecular complexity index is 533. The molecule has 1 aliphatic rings. The average molecular weight is 257 g/mol. The summed E-state index contributed by atoms with van der Waals surface area (Å²) in [4.78, 5) is 11.1. The standard InChI is InChI=1S/C11H6F3NO3/c12-11(13,14)10(16)7(4-15)6-1-2-8-9(3-6)18-5-17-8/h1-3,7H,5H2. The molecule has 1 aliphatic heterocycles. The first-order valence-corrected chi connectivity index (χ1v) is 4.83. The van der Waals surface area contributed by atoms with Gasteiger partial charge in [0.2, 0.25) is 6.79 Å². The van der Waals surface area contributed by atoms with Crippen LogP contribution in [0.3, 0.4) is 0 Å². The molecule has 0 aromatic heterocycles. The van der Waals surface area contributed by atoms with E-state index >= 15 is 0 Å². The summed E-state index contributed by atoms with van der Waals surface area (Å²) in [7, 11) is 0. The fraction of sp³-hybridized carbons (Fsp3) is 0.273. The predicted octanol–water partition coefficient (Wildman–Crippen LogP) is 2.15. The number of ether oxygens (including phenoxy) is 2. The molecule has 1 aromatic rings. The van der Waals surface area contributed by atoms with Gasteiger partial charge in [-0.25, -0.2) is 0 Å². The van der Waals surface area contributed by atoms with Gasteiger partial charge in [0.05, 0.1) is 6.07 Å². The normalized spacial score (nSPS) is 15.0. The second-order valence-electron chi connectivity index (χ2n) is 3.54. The lowest BCUT2D eigenvalue weighted by Gasteiger charge is -2.11. The van der Waals surface area contributed by atoms with Gasteiger partial charge in [-0.05, 0) is 17.7 Å². The van der Waals surface area contributed by atoms with Gasteiger partial charge in [-0.15, -0.1) is 0 Å². The van der Waals surface area contributed by atoms with Crippen LogP contribution in [0.5, 0.6) is 11.5 Å². The van der Waals surface area contributed by atoms with Crippen molar-refractivity contribution in [3.8, 4) is 17.6 Å². The number of hydrogen-bond acceptors (Lipinski definition) is 4. The highest BCUT2D eigenvalue weighted by atomic mass is 19.4. The summed E-state index contributed by atoms with van der Waals surface area (Å²) >= 11 is 0. The molecule has 7 heteroatoms. The van der Waals surface area contributed by atoms with Crippen LogP contribution < -0.4 is 9.47 Å². The quantitative estimate of drug-likeness (QED) is 0.814. The lowest BCUT2D eigenvalue weighted by Crippen LogP contribution is -2.28. The predicted molar refractivity (Wildman–Crippen MR) is 52.0 cm³/mol. The maximum Gasteiger partial charge on any atom is 0.451 e. The summed E-state index contributed by atoms with van der Waals surface area (Å²) in [5.74, 6) is -3.39. The van der Waals surface area contributed by atoms with Crippen LogP contribution in [-0.2, 0) is 4.79 Å². The van der Waals surface area contributed by atoms with Gasteiger partial charge in [0.25, 0.3) is 5.78 Å². The van der Waals surface area contributed by atoms with Crippen molar-refractivity contribution in [2.75, 3.05) is 6.79 Å². The van der Waals surface area contributed by atoms with E-state index in [2.05, 4.69) is 0 Å². The van der Waals surface area contributed by atoms with Crippen LogP contribution in [0.1, 0.15) is 11.5 Å². The molecule has 94 valence electrons. The fourth-order valence-corrected chi connectivity index (χ4v) is 1.54. The first kappa shape index (κ1) is 12.2. The zero-order valence-corrected chi connectivity index (χ0v) is 8.82. The summed E-state index contributed by atoms with van der Waals surface area (Å²) < 4.78 is 46.8. The van der Waals surface area contributed by atoms with Crippen LogP contribution in [-0.4, -0.2) is 18.8 Å². The smallest absolute Gasteiger partial charge is 0.451 e. The molecule has 0 fully saturated rings. The highest BCUT2D eigenvalue weighted by Crippen LogP contribution is 2.36. The minimum Gasteiger partial charge on any atom is -0.454 e. The van der Waals surface area contributed by atoms with Crippen molar-refractivity contribution in [1.82, 2.24) is 0 Å². The summed E-state index contributed by atoms with van der Waals surface area (Å²) in [6.07, 6.45) is -5.04. The van der Waals surface area contributed by atoms with Crippen molar-refractivity contribution in [3.05, 3.63) is 23.8 Å². The molecule has 0 spiro atoms. The zero-order chi connectivity index (χ0) is 13.3. The highest BCUT2D eigenvalue weighted by Gasteiger charge is 2.44. The van der Waals surface area contributed by atoms with Crippen LogP contribution in [0.15, 0.2) is 18.2 Å². The van der Waals surface area contributed by atoms with Gasteiger partial charge < -0.3 is 9.47 Å². The highest BCUT2D eigenvalue weighted by molar-refractivity contribution is 5.93. The number of carbonyl (C=O) groups excluding carboxylic acids is 1. The number of Topliss-reactive ketones (excluding diaryl/α,β-unsaturated/α-hetero) is 1. The average Bonchev–Trinajstić information content (AvgIpc) is 2.76. The van der Waals surface area contributed by atoms with E-state index in [1.54, 1.807) is 0 Å². The van der Waals surface area contributed by atoms with Crippen molar-refractivity contribution in [3.63, 3.8) is 0 Å². The Morgan fingerprint density at radius 3 is 2.61 bits per heavy atom. The number of benzene rings is 1. The zero-order valence-electron chi connectivity index (χ0n) is 8.82. The van der Waals surface area contributed by atoms with Crippen molar-refractivity contribution in [1.29, 1.82) is 5.26 Å². The van der Waals surface area contributed by atoms with Crippen LogP contribution in [0.2, 0.25) is 0 Å². The van der Waals surface area contributed by atoms with Crippen molar-refractivity contribution < 1.29 is 27.4 Å². The number of nitriles is 1. The molecule has 0 radical (unpaired) electrons. The molecule has 0 bridgehead atoms. The molecule has 0 saturated heterocycles. The second kappa shape index (κ2) is 4.22. The molecule has 1 atom stereocenters. The molecule has 0 aliphatic carbocycles. The van der Waals surface area contributed by atoms with E-state index in [1.807, 2.05) is 0 Å². The van der Waals surface area contributed by atoms with E-state index in [4.69, 9.17) is 14.7 Å². The van der Waals surface area contributed by atoms with E-state index in [0.717, 1.165) is 0 Å². The van der Waals surface area contributed by atoms with Gasteiger partial charge in [-0.2, -0.15) is 18.4 Å². The third-order valence-electron chi connectivity index (χ3n) is 2.40. The fourth-order valence-electron chi connectivity index (χ4n) is 1.54. The third-order valence-corrected chi connectivity index (χ3v) is 2.40. The number of ketones is 1. The molecule has 1 heterocycles. The summed E-state index contributed by atoms with van der Waals surface area (Å²) in [5.41, 5.74) is -0.0657. The first-order valence-electron chi connectivity index (χ1n) is 4.83. The van der Waals surface area contributed by atoms with Gasteiger partial charge in [0.1, 0.15) is 5.92 Å². The SMILES string of the molecule is N#CC(C(=O)C(F)(F)F)c1ccc2c(c1)OCO2. The minimum atomic E-state index is -5.04. The molecule has 1 aromatic carbocycles. The van der Waals surface area contributed by atoms with E-state index in [0.29, 0.717) is 5.75 Å². The number of fused-ring (bicyclic) bond motifs is 1. The van der Waals surface area contributed by atoms with Crippen LogP contribution >= 0.6 is 0 Å². The maximum atomic E-state index is 12.3. The monoisotopic (exact) mass is 257 g/mol. The third kappa shape index (κ3) is 2.09. The molecule has 1 unspecified atom stereocenters. The van der Waals surface area contributed by atoms with E-state index in [1.165, 1.54) is 24.3 Å². The van der Waals surface area contributed by atoms with Gasteiger partial charge in [0, 0.05) is 0 Å². The van der Waals surface area contributed by atoms with Crippen LogP contribution in [0.25, 0.3) is 0 Å². The number of alkyl halides is 3. The summed E-state index contributed by atoms with van der Waals surface area (Å²) in [5, 5.41) is 8.72. The lowest BCUT2D eigenvalue weighted by atomic mass is 9.95. The first-order chi connectivity index (χ1) is 8.43. The Kier molecular flexibility index (Phi) is 2.87. The number of rotatable bonds is 2. The molecular formula is C11H6F3NO3. The van der Waals surface area contributed by atoms with Gasteiger partial charge in [-0.3, -0.25) is 4.79 Å². The summed E-state index contributed by atoms with van der Waals surface area (Å²) in [6, 6.07) is 5.17. The Balaban J connectivity index is 2.35. The van der Waals surface area contributed by atoms with E-state index in [-0.39, 0.29) is 18.1 Å². The topological polar surface area (TPSA) is 59.3 Å². The second-order valence-corrected chi connectivity index (χ2v) is 3.54. The minimum absolute atomic E-state index is 0.0385. The number of carbonyl (C=O) groups is 1. The molecule has 2 rings (SSSR count). The molecule has 0 saturated carbocycles. The Hall–Kier alpha value is -2.23. The number of hydrogen-bond donors (Lipinski definition) is 0. The Labute approximate surface area is 99.5 Å². The largest absolute Gasteiger partial charge is 0.454 e. The number of nitrogens with zero attached hydrogens (tertiary/aromatic N) is 1. The molecule has 0 N–H and O–H groups in total. The van der Waals surface area contributed by atoms with E-state index in [9.17, 15) is 18.0 Å². The lowest BCUT2D eigenvalue weighted by molar-refractivity contribution is -0.171. The van der Waals surface area contributed by atoms with Crippen molar-refractivity contribution in [2.45, 2.75) is 12.1 Å². The maximum absolute atomic E-state index is 12.3. The van der Waals surface area contributed by atoms with Gasteiger partial charge >= 0.3 is 6.18 Å². The van der Waals surface area contributed by atoms with Crippen LogP contribution in [0.4, 0.5) is 13.2 Å². The van der Waals surface area contributed by atoms with Crippen molar-refractivity contribution in [2.24, 2.45) is 0 Å². The van der Waals surface area contributed by atoms with E-state index < -0.39 is 17.9 Å². The molecule has 0 amide bonds. The molecular weight excluding hydrogens is 251 g/mol. The molecule has 4 nitrogen and oxygen atoms in total. The summed E-state index contributed by atoms with van der Waals surface area (Å²) in [6.45, 7) is -0.0385.